The third kappa shape index (κ3) is 5.38. The Labute approximate surface area is 178 Å². The normalized spacial score (nSPS) is 12.5. The molecule has 10 nitrogen and oxygen atoms in total. The fraction of sp³-hybridized carbons (Fsp3) is 0.250. The average molecular weight is 446 g/mol. The minimum atomic E-state index is -3.73. The average Bonchev–Trinajstić information content (AvgIpc) is 2.72. The number of nitrogens with two attached hydrogens (primary N) is 1. The third-order valence-corrected chi connectivity index (χ3v) is 5.49. The molecule has 164 valence electrons. The van der Waals surface area contributed by atoms with Crippen LogP contribution < -0.4 is 20.8 Å². The van der Waals surface area contributed by atoms with Crippen molar-refractivity contribution in [2.75, 3.05) is 19.4 Å². The number of aromatic hydroxyl groups is 1. The van der Waals surface area contributed by atoms with E-state index < -0.39 is 39.0 Å². The number of hydrogen-bond donors (Lipinski definition) is 3. The zero-order valence-corrected chi connectivity index (χ0v) is 17.5. The van der Waals surface area contributed by atoms with Gasteiger partial charge in [0.2, 0.25) is 21.8 Å². The van der Waals surface area contributed by atoms with Crippen molar-refractivity contribution in [3.05, 3.63) is 70.1 Å². The van der Waals surface area contributed by atoms with Gasteiger partial charge in [-0.3, -0.25) is 14.0 Å². The molecule has 0 saturated carbocycles. The molecule has 11 heteroatoms. The highest BCUT2D eigenvalue weighted by molar-refractivity contribution is 7.89. The Bertz CT molecular complexity index is 1250. The zero-order chi connectivity index (χ0) is 22.6. The highest BCUT2D eigenvalue weighted by Gasteiger charge is 2.26. The van der Waals surface area contributed by atoms with Crippen LogP contribution >= 0.6 is 0 Å². The molecule has 1 atom stereocenters. The Morgan fingerprint density at radius 3 is 2.61 bits per heavy atom. The van der Waals surface area contributed by atoms with Crippen LogP contribution in [0.2, 0.25) is 0 Å². The molecule has 3 rings (SSSR count). The summed E-state index contributed by atoms with van der Waals surface area (Å²) in [6.07, 6.45) is 1.30. The number of pyridine rings is 1. The first-order valence-electron chi connectivity index (χ1n) is 9.31. The van der Waals surface area contributed by atoms with E-state index in [0.29, 0.717) is 11.3 Å². The molecule has 1 unspecified atom stereocenters. The first-order chi connectivity index (χ1) is 14.7. The second-order valence-corrected chi connectivity index (χ2v) is 8.56. The topological polar surface area (TPSA) is 153 Å². The van der Waals surface area contributed by atoms with Crippen LogP contribution in [0.5, 0.6) is 11.6 Å². The number of hydrogen-bond acceptors (Lipinski definition) is 7. The second-order valence-electron chi connectivity index (χ2n) is 6.83. The molecule has 2 aromatic heterocycles. The van der Waals surface area contributed by atoms with E-state index in [4.69, 9.17) is 9.88 Å². The Morgan fingerprint density at radius 1 is 1.26 bits per heavy atom. The lowest BCUT2D eigenvalue weighted by Gasteiger charge is -2.19. The van der Waals surface area contributed by atoms with Crippen molar-refractivity contribution >= 4 is 21.6 Å². The van der Waals surface area contributed by atoms with Gasteiger partial charge in [0.1, 0.15) is 11.4 Å². The van der Waals surface area contributed by atoms with Crippen LogP contribution in [-0.4, -0.2) is 48.2 Å². The summed E-state index contributed by atoms with van der Waals surface area (Å²) in [5.41, 5.74) is 0.282. The molecule has 0 aliphatic heterocycles. The molecule has 1 amide bonds. The number of ether oxygens (including phenoxy) is 1. The van der Waals surface area contributed by atoms with Gasteiger partial charge < -0.3 is 15.2 Å². The molecular weight excluding hydrogens is 424 g/mol. The first-order valence-corrected chi connectivity index (χ1v) is 11.0. The Kier molecular flexibility index (Phi) is 6.56. The van der Waals surface area contributed by atoms with Gasteiger partial charge in [-0.2, -0.15) is 4.98 Å². The molecule has 1 aromatic carbocycles. The van der Waals surface area contributed by atoms with E-state index in [9.17, 15) is 23.1 Å². The van der Waals surface area contributed by atoms with Gasteiger partial charge in [0, 0.05) is 25.1 Å². The van der Waals surface area contributed by atoms with Crippen LogP contribution in [0.15, 0.2) is 53.5 Å². The van der Waals surface area contributed by atoms with Gasteiger partial charge in [-0.15, -0.1) is 0 Å². The lowest BCUT2D eigenvalue weighted by molar-refractivity contribution is -0.121. The predicted molar refractivity (Wildman–Crippen MR) is 114 cm³/mol. The standard InChI is InChI=1S/C20H22N4O6S/c1-30-14-7-5-13(6-8-14)15(12-17(25)22-9-11-31(21,28)29)18-19(26)23-16-4-2-3-10-24(16)20(18)27/h2-8,10,15,26H,9,11-12H2,1H3,(H,22,25)(H2,21,28,29). The molecule has 0 spiro atoms. The fourth-order valence-electron chi connectivity index (χ4n) is 3.21. The van der Waals surface area contributed by atoms with Crippen molar-refractivity contribution in [1.82, 2.24) is 14.7 Å². The van der Waals surface area contributed by atoms with E-state index in [1.807, 2.05) is 0 Å². The molecule has 0 aliphatic carbocycles. The van der Waals surface area contributed by atoms with Crippen molar-refractivity contribution in [3.8, 4) is 11.6 Å². The predicted octanol–water partition coefficient (Wildman–Crippen LogP) is 0.335. The summed E-state index contributed by atoms with van der Waals surface area (Å²) >= 11 is 0. The highest BCUT2D eigenvalue weighted by Crippen LogP contribution is 2.31. The van der Waals surface area contributed by atoms with E-state index >= 15 is 0 Å². The number of nitrogens with one attached hydrogen (secondary N) is 1. The molecule has 0 bridgehead atoms. The van der Waals surface area contributed by atoms with Gasteiger partial charge in [0.05, 0.1) is 18.4 Å². The maximum Gasteiger partial charge on any atom is 0.265 e. The summed E-state index contributed by atoms with van der Waals surface area (Å²) in [6.45, 7) is -0.173. The van der Waals surface area contributed by atoms with Gasteiger partial charge >= 0.3 is 0 Å². The third-order valence-electron chi connectivity index (χ3n) is 4.71. The summed E-state index contributed by atoms with van der Waals surface area (Å²) in [4.78, 5) is 29.7. The van der Waals surface area contributed by atoms with E-state index in [1.54, 1.807) is 42.5 Å². The molecule has 31 heavy (non-hydrogen) atoms. The van der Waals surface area contributed by atoms with E-state index in [2.05, 4.69) is 10.3 Å². The quantitative estimate of drug-likeness (QED) is 0.451. The Balaban J connectivity index is 2.01. The minimum absolute atomic E-state index is 0.0459. The summed E-state index contributed by atoms with van der Waals surface area (Å²) in [7, 11) is -2.22. The molecular formula is C20H22N4O6S. The van der Waals surface area contributed by atoms with Crippen LogP contribution in [0.1, 0.15) is 23.5 Å². The molecule has 0 radical (unpaired) electrons. The van der Waals surface area contributed by atoms with E-state index in [0.717, 1.165) is 0 Å². The van der Waals surface area contributed by atoms with Crippen LogP contribution in [0.25, 0.3) is 5.65 Å². The van der Waals surface area contributed by atoms with E-state index in [1.165, 1.54) is 17.7 Å². The SMILES string of the molecule is COc1ccc(C(CC(=O)NCCS(N)(=O)=O)c2c(O)nc3ccccn3c2=O)cc1. The van der Waals surface area contributed by atoms with Gasteiger partial charge in [-0.05, 0) is 29.8 Å². The maximum absolute atomic E-state index is 13.1. The van der Waals surface area contributed by atoms with Crippen molar-refractivity contribution in [3.63, 3.8) is 0 Å². The summed E-state index contributed by atoms with van der Waals surface area (Å²) in [6, 6.07) is 11.6. The Morgan fingerprint density at radius 2 is 1.97 bits per heavy atom. The van der Waals surface area contributed by atoms with Crippen LogP contribution in [0.3, 0.4) is 0 Å². The molecule has 4 N–H and O–H groups in total. The number of aromatic nitrogens is 2. The number of rotatable bonds is 8. The van der Waals surface area contributed by atoms with Gasteiger partial charge in [-0.25, -0.2) is 13.6 Å². The lowest BCUT2D eigenvalue weighted by Crippen LogP contribution is -2.33. The number of carbonyl (C=O) groups excluding carboxylic acids is 1. The zero-order valence-electron chi connectivity index (χ0n) is 16.7. The number of carbonyl (C=O) groups is 1. The highest BCUT2D eigenvalue weighted by atomic mass is 32.2. The number of nitrogens with zero attached hydrogens (tertiary/aromatic N) is 2. The van der Waals surface area contributed by atoms with Gasteiger partial charge in [-0.1, -0.05) is 18.2 Å². The van der Waals surface area contributed by atoms with Crippen molar-refractivity contribution in [2.45, 2.75) is 12.3 Å². The lowest BCUT2D eigenvalue weighted by atomic mass is 9.89. The number of methoxy groups -OCH3 is 1. The molecule has 3 aromatic rings. The number of fused-ring (bicyclic) bond motifs is 1. The van der Waals surface area contributed by atoms with Gasteiger partial charge in [0.15, 0.2) is 0 Å². The summed E-state index contributed by atoms with van der Waals surface area (Å²) in [5, 5.41) is 18.0. The fourth-order valence-corrected chi connectivity index (χ4v) is 3.60. The maximum atomic E-state index is 13.1. The van der Waals surface area contributed by atoms with Crippen LogP contribution in [-0.2, 0) is 14.8 Å². The number of benzene rings is 1. The molecule has 0 aliphatic rings. The summed E-state index contributed by atoms with van der Waals surface area (Å²) < 4.78 is 28.6. The van der Waals surface area contributed by atoms with Crippen LogP contribution in [0.4, 0.5) is 0 Å². The minimum Gasteiger partial charge on any atom is -0.497 e. The summed E-state index contributed by atoms with van der Waals surface area (Å²) in [5.74, 6) is -1.66. The number of amides is 1. The number of primary sulfonamides is 1. The molecule has 0 saturated heterocycles. The molecule has 2 heterocycles. The smallest absolute Gasteiger partial charge is 0.265 e. The van der Waals surface area contributed by atoms with Crippen molar-refractivity contribution in [2.24, 2.45) is 5.14 Å². The largest absolute Gasteiger partial charge is 0.497 e. The Hall–Kier alpha value is -3.44. The monoisotopic (exact) mass is 446 g/mol. The van der Waals surface area contributed by atoms with Crippen molar-refractivity contribution < 1.29 is 23.1 Å². The molecule has 0 fully saturated rings. The number of sulfonamides is 1. The van der Waals surface area contributed by atoms with Crippen LogP contribution in [0, 0.1) is 0 Å². The van der Waals surface area contributed by atoms with E-state index in [-0.39, 0.29) is 24.2 Å². The van der Waals surface area contributed by atoms with Crippen molar-refractivity contribution in [1.29, 1.82) is 0 Å². The first kappa shape index (κ1) is 22.2. The second kappa shape index (κ2) is 9.14. The van der Waals surface area contributed by atoms with Gasteiger partial charge in [0.25, 0.3) is 5.56 Å².